The van der Waals surface area contributed by atoms with Gasteiger partial charge in [-0.05, 0) is 5.56 Å². The lowest BCUT2D eigenvalue weighted by Crippen LogP contribution is -2.04. The van der Waals surface area contributed by atoms with E-state index in [9.17, 15) is 4.79 Å². The molecule has 0 aliphatic carbocycles. The third kappa shape index (κ3) is 3.21. The number of rotatable bonds is 3. The number of hydrogen-bond donors (Lipinski definition) is 0. The molecule has 3 heteroatoms. The summed E-state index contributed by atoms with van der Waals surface area (Å²) in [7, 11) is 0. The summed E-state index contributed by atoms with van der Waals surface area (Å²) in [5.74, 6) is -0.167. The number of carbonyl (C=O) groups excluding carboxylic acids is 1. The summed E-state index contributed by atoms with van der Waals surface area (Å²) in [5.41, 5.74) is 1.02. The van der Waals surface area contributed by atoms with Gasteiger partial charge in [-0.15, -0.1) is 0 Å². The zero-order valence-corrected chi connectivity index (χ0v) is 8.65. The normalized spacial score (nSPS) is 9.42. The van der Waals surface area contributed by atoms with Gasteiger partial charge in [-0.1, -0.05) is 52.9 Å². The highest BCUT2D eigenvalue weighted by Crippen LogP contribution is 2.00. The number of benzene rings is 1. The van der Waals surface area contributed by atoms with Gasteiger partial charge in [-0.2, -0.15) is 0 Å². The SMILES string of the molecule is O=C([13CH2]I)OCc1ccccc1. The molecule has 1 aromatic carbocycles. The van der Waals surface area contributed by atoms with Crippen molar-refractivity contribution in [1.82, 2.24) is 0 Å². The molecule has 0 bridgehead atoms. The second kappa shape index (κ2) is 5.13. The second-order valence-corrected chi connectivity index (χ2v) is 3.04. The van der Waals surface area contributed by atoms with Crippen LogP contribution in [0.3, 0.4) is 0 Å². The van der Waals surface area contributed by atoms with E-state index in [2.05, 4.69) is 0 Å². The maximum atomic E-state index is 10.8. The monoisotopic (exact) mass is 277 g/mol. The van der Waals surface area contributed by atoms with E-state index in [0.717, 1.165) is 5.56 Å². The Balaban J connectivity index is 2.38. The Morgan fingerprint density at radius 3 is 2.58 bits per heavy atom. The second-order valence-electron chi connectivity index (χ2n) is 2.28. The van der Waals surface area contributed by atoms with E-state index in [0.29, 0.717) is 11.0 Å². The molecular formula is C9H9IO2. The summed E-state index contributed by atoms with van der Waals surface area (Å²) in [6.45, 7) is 0.378. The summed E-state index contributed by atoms with van der Waals surface area (Å²) in [5, 5.41) is 0. The van der Waals surface area contributed by atoms with Crippen molar-refractivity contribution in [3.63, 3.8) is 0 Å². The van der Waals surface area contributed by atoms with Crippen molar-refractivity contribution in [2.75, 3.05) is 4.43 Å². The van der Waals surface area contributed by atoms with E-state index in [1.165, 1.54) is 0 Å². The Kier molecular flexibility index (Phi) is 4.07. The van der Waals surface area contributed by atoms with Gasteiger partial charge in [-0.3, -0.25) is 4.79 Å². The molecule has 0 saturated carbocycles. The molecule has 1 aromatic rings. The van der Waals surface area contributed by atoms with Crippen LogP contribution in [-0.4, -0.2) is 10.4 Å². The van der Waals surface area contributed by atoms with Crippen LogP contribution in [0.1, 0.15) is 5.56 Å². The predicted octanol–water partition coefficient (Wildman–Crippen LogP) is 2.16. The summed E-state index contributed by atoms with van der Waals surface area (Å²) < 4.78 is 5.34. The van der Waals surface area contributed by atoms with Crippen molar-refractivity contribution in [3.05, 3.63) is 35.9 Å². The molecule has 0 aliphatic heterocycles. The van der Waals surface area contributed by atoms with Gasteiger partial charge >= 0.3 is 5.97 Å². The van der Waals surface area contributed by atoms with Crippen molar-refractivity contribution >= 4 is 28.6 Å². The molecule has 12 heavy (non-hydrogen) atoms. The van der Waals surface area contributed by atoms with Gasteiger partial charge in [0.2, 0.25) is 0 Å². The average Bonchev–Trinajstić information content (AvgIpc) is 2.16. The zero-order chi connectivity index (χ0) is 8.81. The first-order valence-electron chi connectivity index (χ1n) is 3.58. The van der Waals surface area contributed by atoms with Crippen molar-refractivity contribution in [3.8, 4) is 0 Å². The van der Waals surface area contributed by atoms with Crippen LogP contribution in [0.25, 0.3) is 0 Å². The first kappa shape index (κ1) is 9.51. The molecule has 0 saturated heterocycles. The molecule has 64 valence electrons. The number of ether oxygens (including phenoxy) is 1. The largest absolute Gasteiger partial charge is 0.460 e. The van der Waals surface area contributed by atoms with E-state index in [1.807, 2.05) is 52.9 Å². The maximum Gasteiger partial charge on any atom is 0.316 e. The quantitative estimate of drug-likeness (QED) is 0.366. The van der Waals surface area contributed by atoms with E-state index < -0.39 is 0 Å². The first-order valence-corrected chi connectivity index (χ1v) is 5.11. The number of hydrogen-bond acceptors (Lipinski definition) is 2. The van der Waals surface area contributed by atoms with Crippen LogP contribution in [0.5, 0.6) is 0 Å². The van der Waals surface area contributed by atoms with E-state index >= 15 is 0 Å². The zero-order valence-electron chi connectivity index (χ0n) is 6.50. The van der Waals surface area contributed by atoms with Crippen molar-refractivity contribution in [1.29, 1.82) is 0 Å². The fourth-order valence-corrected chi connectivity index (χ4v) is 0.997. The molecule has 0 amide bonds. The molecule has 0 heterocycles. The Bertz CT molecular complexity index is 246. The molecule has 2 nitrogen and oxygen atoms in total. The highest BCUT2D eigenvalue weighted by Gasteiger charge is 1.98. The topological polar surface area (TPSA) is 26.3 Å². The van der Waals surface area contributed by atoms with Crippen LogP contribution < -0.4 is 0 Å². The Labute approximate surface area is 85.1 Å². The van der Waals surface area contributed by atoms with E-state index in [-0.39, 0.29) is 5.97 Å². The number of carbonyl (C=O) groups is 1. The van der Waals surface area contributed by atoms with Gasteiger partial charge < -0.3 is 4.74 Å². The molecule has 0 aromatic heterocycles. The van der Waals surface area contributed by atoms with Gasteiger partial charge in [0.15, 0.2) is 0 Å². The van der Waals surface area contributed by atoms with Gasteiger partial charge in [0, 0.05) is 0 Å². The molecule has 0 spiro atoms. The fraction of sp³-hybridized carbons (Fsp3) is 0.222. The summed E-state index contributed by atoms with van der Waals surface area (Å²) >= 11 is 1.98. The van der Waals surface area contributed by atoms with Crippen LogP contribution in [0.4, 0.5) is 0 Å². The van der Waals surface area contributed by atoms with Crippen LogP contribution in [-0.2, 0) is 16.1 Å². The van der Waals surface area contributed by atoms with E-state index in [4.69, 9.17) is 4.74 Å². The van der Waals surface area contributed by atoms with Gasteiger partial charge in [0.1, 0.15) is 6.61 Å². The third-order valence-electron chi connectivity index (χ3n) is 1.35. The Morgan fingerprint density at radius 1 is 1.33 bits per heavy atom. The molecule has 0 N–H and O–H groups in total. The van der Waals surface area contributed by atoms with E-state index in [1.54, 1.807) is 0 Å². The average molecular weight is 277 g/mol. The molecular weight excluding hydrogens is 268 g/mol. The lowest BCUT2D eigenvalue weighted by Gasteiger charge is -2.01. The maximum absolute atomic E-state index is 10.8. The third-order valence-corrected chi connectivity index (χ3v) is 1.97. The van der Waals surface area contributed by atoms with Crippen LogP contribution in [0, 0.1) is 0 Å². The van der Waals surface area contributed by atoms with Crippen LogP contribution >= 0.6 is 22.6 Å². The molecule has 1 rings (SSSR count). The minimum absolute atomic E-state index is 0.167. The van der Waals surface area contributed by atoms with Crippen molar-refractivity contribution in [2.45, 2.75) is 6.61 Å². The minimum atomic E-state index is -0.167. The number of alkyl halides is 1. The molecule has 0 unspecified atom stereocenters. The van der Waals surface area contributed by atoms with Crippen molar-refractivity contribution in [2.24, 2.45) is 0 Å². The number of halogens is 1. The Hall–Kier alpha value is -0.580. The minimum Gasteiger partial charge on any atom is -0.460 e. The van der Waals surface area contributed by atoms with Crippen LogP contribution in [0.2, 0.25) is 0 Å². The first-order chi connectivity index (χ1) is 5.83. The summed E-state index contributed by atoms with van der Waals surface area (Å²) in [4.78, 5) is 10.8. The molecule has 0 aliphatic rings. The predicted molar refractivity (Wildman–Crippen MR) is 55.1 cm³/mol. The highest BCUT2D eigenvalue weighted by atomic mass is 127. The van der Waals surface area contributed by atoms with Crippen molar-refractivity contribution < 1.29 is 9.53 Å². The Morgan fingerprint density at radius 2 is 2.00 bits per heavy atom. The van der Waals surface area contributed by atoms with Gasteiger partial charge in [0.25, 0.3) is 0 Å². The summed E-state index contributed by atoms with van der Waals surface area (Å²) in [6, 6.07) is 9.64. The highest BCUT2D eigenvalue weighted by molar-refractivity contribution is 14.1. The fourth-order valence-electron chi connectivity index (χ4n) is 0.777. The standard InChI is InChI=1S/C9H9IO2/c10-6-9(11)12-7-8-4-2-1-3-5-8/h1-5H,6-7H2/i6+1. The lowest BCUT2D eigenvalue weighted by atomic mass is 10.2. The lowest BCUT2D eigenvalue weighted by molar-refractivity contribution is -0.141. The van der Waals surface area contributed by atoms with Gasteiger partial charge in [0.05, 0.1) is 4.43 Å². The smallest absolute Gasteiger partial charge is 0.316 e. The van der Waals surface area contributed by atoms with Gasteiger partial charge in [-0.25, -0.2) is 0 Å². The number of esters is 1. The molecule has 0 radical (unpaired) electrons. The molecule has 0 atom stereocenters. The van der Waals surface area contributed by atoms with Crippen LogP contribution in [0.15, 0.2) is 30.3 Å². The molecule has 0 fully saturated rings. The summed E-state index contributed by atoms with van der Waals surface area (Å²) in [6.07, 6.45) is 0.